The molecule has 0 aromatic heterocycles. The molecule has 0 heterocycles. The Kier molecular flexibility index (Phi) is 5.73. The lowest BCUT2D eigenvalue weighted by Crippen LogP contribution is -2.66. The van der Waals surface area contributed by atoms with E-state index in [-0.39, 0.29) is 0 Å². The first-order valence-corrected chi connectivity index (χ1v) is 10.3. The van der Waals surface area contributed by atoms with E-state index in [1.165, 1.54) is 16.4 Å². The number of para-hydroxylation sites is 1. The fourth-order valence-electron chi connectivity index (χ4n) is 4.21. The first-order valence-electron chi connectivity index (χ1n) is 10.3. The van der Waals surface area contributed by atoms with Gasteiger partial charge in [-0.3, -0.25) is 5.82 Å². The molecule has 0 spiro atoms. The van der Waals surface area contributed by atoms with Crippen molar-refractivity contribution in [3.05, 3.63) is 121 Å². The van der Waals surface area contributed by atoms with Crippen molar-refractivity contribution in [1.82, 2.24) is 0 Å². The van der Waals surface area contributed by atoms with Crippen molar-refractivity contribution in [2.75, 3.05) is 19.0 Å². The van der Waals surface area contributed by atoms with E-state index in [0.717, 1.165) is 11.3 Å². The summed E-state index contributed by atoms with van der Waals surface area (Å²) in [4.78, 5) is 2.12. The Morgan fingerprint density at radius 1 is 0.533 bits per heavy atom. The maximum atomic E-state index is 3.78. The van der Waals surface area contributed by atoms with Gasteiger partial charge in [-0.2, -0.15) is 16.4 Å². The van der Waals surface area contributed by atoms with Gasteiger partial charge in [0.15, 0.2) is 0 Å². The number of nitrogens with zero attached hydrogens (tertiary/aromatic N) is 1. The van der Waals surface area contributed by atoms with E-state index in [1.807, 2.05) is 0 Å². The summed E-state index contributed by atoms with van der Waals surface area (Å²) in [5, 5.41) is 0. The summed E-state index contributed by atoms with van der Waals surface area (Å²) in [5.41, 5.74) is 5.85. The minimum atomic E-state index is -1.46. The van der Waals surface area contributed by atoms with Crippen molar-refractivity contribution in [2.24, 2.45) is 0 Å². The van der Waals surface area contributed by atoms with Gasteiger partial charge in [0.05, 0.1) is 5.69 Å². The van der Waals surface area contributed by atoms with Crippen LogP contribution in [0.15, 0.2) is 115 Å². The maximum absolute atomic E-state index is 3.78. The van der Waals surface area contributed by atoms with Crippen LogP contribution in [0.2, 0.25) is 0 Å². The molecule has 1 nitrogen and oxygen atoms in total. The van der Waals surface area contributed by atoms with Crippen molar-refractivity contribution >= 4 is 28.2 Å². The largest absolute Gasteiger partial charge is 0.377 e. The van der Waals surface area contributed by atoms with Gasteiger partial charge in [0.1, 0.15) is 6.15 Å². The summed E-state index contributed by atoms with van der Waals surface area (Å²) < 4.78 is 0. The summed E-state index contributed by atoms with van der Waals surface area (Å²) in [6.07, 6.45) is -1.46. The molecule has 0 N–H and O–H groups in total. The molecule has 0 aliphatic carbocycles. The monoisotopic (exact) mass is 386 g/mol. The Morgan fingerprint density at radius 3 is 1.37 bits per heavy atom. The van der Waals surface area contributed by atoms with Gasteiger partial charge in [-0.1, -0.05) is 103 Å². The fraction of sp³-hybridized carbons (Fsp3) is 0.0714. The Hall–Kier alpha value is -3.70. The molecule has 0 saturated carbocycles. The number of hydrogen-bond acceptors (Lipinski definition) is 1. The highest BCUT2D eigenvalue weighted by molar-refractivity contribution is 7.16. The molecule has 146 valence electrons. The SMILES string of the molecule is CN(C)c1ccccc1C#C[B-](c1ccccc1)(c1ccccc1)c1ccccc1. The topological polar surface area (TPSA) is 3.24 Å². The molecular weight excluding hydrogens is 361 g/mol. The first-order chi connectivity index (χ1) is 14.7. The summed E-state index contributed by atoms with van der Waals surface area (Å²) in [5.74, 6) is 7.35. The molecule has 0 unspecified atom stereocenters. The number of anilines is 1. The van der Waals surface area contributed by atoms with Gasteiger partial charge >= 0.3 is 0 Å². The summed E-state index contributed by atoms with van der Waals surface area (Å²) in [6.45, 7) is 0. The lowest BCUT2D eigenvalue weighted by Gasteiger charge is -2.38. The Bertz CT molecular complexity index is 1060. The van der Waals surface area contributed by atoms with Crippen LogP contribution in [0.3, 0.4) is 0 Å². The molecule has 4 aromatic carbocycles. The summed E-state index contributed by atoms with van der Waals surface area (Å²) in [6, 6.07) is 40.4. The molecule has 0 atom stereocenters. The molecular formula is C28H25BN-. The second kappa shape index (κ2) is 8.76. The predicted octanol–water partition coefficient (Wildman–Crippen LogP) is 3.81. The molecule has 30 heavy (non-hydrogen) atoms. The third-order valence-corrected chi connectivity index (χ3v) is 5.71. The van der Waals surface area contributed by atoms with Crippen LogP contribution >= 0.6 is 0 Å². The zero-order valence-corrected chi connectivity index (χ0v) is 17.5. The van der Waals surface area contributed by atoms with Crippen LogP contribution in [0.4, 0.5) is 5.69 Å². The third-order valence-electron chi connectivity index (χ3n) is 5.71. The maximum Gasteiger partial charge on any atom is 0.149 e. The molecule has 4 aromatic rings. The van der Waals surface area contributed by atoms with Gasteiger partial charge in [-0.05, 0) is 12.1 Å². The van der Waals surface area contributed by atoms with E-state index in [9.17, 15) is 0 Å². The lowest BCUT2D eigenvalue weighted by atomic mass is 9.16. The van der Waals surface area contributed by atoms with E-state index in [2.05, 4.69) is 146 Å². The third kappa shape index (κ3) is 3.75. The quantitative estimate of drug-likeness (QED) is 0.381. The van der Waals surface area contributed by atoms with Crippen molar-refractivity contribution in [3.63, 3.8) is 0 Å². The second-order valence-electron chi connectivity index (χ2n) is 7.78. The predicted molar refractivity (Wildman–Crippen MR) is 132 cm³/mol. The minimum Gasteiger partial charge on any atom is -0.377 e. The highest BCUT2D eigenvalue weighted by Crippen LogP contribution is 2.17. The highest BCUT2D eigenvalue weighted by Gasteiger charge is 2.27. The van der Waals surface area contributed by atoms with Gasteiger partial charge in [0, 0.05) is 19.7 Å². The van der Waals surface area contributed by atoms with Crippen LogP contribution in [-0.4, -0.2) is 20.2 Å². The van der Waals surface area contributed by atoms with Gasteiger partial charge in [0.2, 0.25) is 0 Å². The van der Waals surface area contributed by atoms with Gasteiger partial charge in [-0.15, -0.1) is 5.92 Å². The standard InChI is InChI=1S/C28H25BN/c1-30(2)28-21-13-12-14-24(28)22-23-29(25-15-6-3-7-16-25,26-17-8-4-9-18-26)27-19-10-5-11-20-27/h3-21H,1-2H3/q-1. The zero-order chi connectivity index (χ0) is 20.8. The molecule has 4 rings (SSSR count). The number of benzene rings is 4. The average molecular weight is 386 g/mol. The van der Waals surface area contributed by atoms with Crippen molar-refractivity contribution in [1.29, 1.82) is 0 Å². The van der Waals surface area contributed by atoms with E-state index >= 15 is 0 Å². The van der Waals surface area contributed by atoms with Crippen LogP contribution in [0, 0.1) is 11.7 Å². The number of hydrogen-bond donors (Lipinski definition) is 0. The van der Waals surface area contributed by atoms with E-state index < -0.39 is 6.15 Å². The zero-order valence-electron chi connectivity index (χ0n) is 17.5. The Balaban J connectivity index is 2.03. The summed E-state index contributed by atoms with van der Waals surface area (Å²) >= 11 is 0. The van der Waals surface area contributed by atoms with Crippen molar-refractivity contribution < 1.29 is 0 Å². The van der Waals surface area contributed by atoms with E-state index in [1.54, 1.807) is 0 Å². The number of rotatable bonds is 4. The Morgan fingerprint density at radius 2 is 0.933 bits per heavy atom. The van der Waals surface area contributed by atoms with Gasteiger partial charge in [-0.25, -0.2) is 0 Å². The van der Waals surface area contributed by atoms with Crippen molar-refractivity contribution in [2.45, 2.75) is 0 Å². The van der Waals surface area contributed by atoms with Crippen LogP contribution < -0.4 is 21.3 Å². The molecule has 0 aliphatic heterocycles. The second-order valence-corrected chi connectivity index (χ2v) is 7.78. The molecule has 0 bridgehead atoms. The molecule has 0 fully saturated rings. The minimum absolute atomic E-state index is 1.04. The lowest BCUT2D eigenvalue weighted by molar-refractivity contribution is 1.13. The molecule has 0 saturated heterocycles. The van der Waals surface area contributed by atoms with E-state index in [4.69, 9.17) is 0 Å². The molecule has 0 aliphatic rings. The first kappa shape index (κ1) is 19.6. The van der Waals surface area contributed by atoms with E-state index in [0.29, 0.717) is 0 Å². The Labute approximate surface area is 179 Å². The van der Waals surface area contributed by atoms with Crippen molar-refractivity contribution in [3.8, 4) is 11.7 Å². The molecule has 0 radical (unpaired) electrons. The molecule has 2 heteroatoms. The highest BCUT2D eigenvalue weighted by atomic mass is 15.1. The van der Waals surface area contributed by atoms with Gasteiger partial charge < -0.3 is 4.90 Å². The van der Waals surface area contributed by atoms with Crippen LogP contribution in [-0.2, 0) is 0 Å². The van der Waals surface area contributed by atoms with Crippen LogP contribution in [0.25, 0.3) is 0 Å². The molecule has 0 amide bonds. The smallest absolute Gasteiger partial charge is 0.149 e. The summed E-state index contributed by atoms with van der Waals surface area (Å²) in [7, 11) is 4.12. The van der Waals surface area contributed by atoms with Crippen LogP contribution in [0.1, 0.15) is 5.56 Å². The fourth-order valence-corrected chi connectivity index (χ4v) is 4.21. The average Bonchev–Trinajstić information content (AvgIpc) is 2.82. The normalized spacial score (nSPS) is 10.7. The van der Waals surface area contributed by atoms with Gasteiger partial charge in [0.25, 0.3) is 0 Å². The van der Waals surface area contributed by atoms with Crippen LogP contribution in [0.5, 0.6) is 0 Å².